The molecule has 3 aliphatic carbocycles. The fourth-order valence-electron chi connectivity index (χ4n) is 4.42. The number of urea groups is 1. The lowest BCUT2D eigenvalue weighted by Gasteiger charge is -2.46. The zero-order valence-corrected chi connectivity index (χ0v) is 15.0. The maximum Gasteiger partial charge on any atom is 0.315 e. The summed E-state index contributed by atoms with van der Waals surface area (Å²) in [5.41, 5.74) is 1.48. The first-order valence-electron chi connectivity index (χ1n) is 9.54. The third kappa shape index (κ3) is 3.86. The average Bonchev–Trinajstić information content (AvgIpc) is 3.23. The number of aromatic nitrogens is 4. The van der Waals surface area contributed by atoms with Gasteiger partial charge in [-0.2, -0.15) is 5.10 Å². The van der Waals surface area contributed by atoms with Crippen molar-refractivity contribution in [3.63, 3.8) is 0 Å². The van der Waals surface area contributed by atoms with Crippen LogP contribution in [0, 0.1) is 11.3 Å². The van der Waals surface area contributed by atoms with Crippen molar-refractivity contribution < 1.29 is 4.79 Å². The smallest absolute Gasteiger partial charge is 0.315 e. The highest BCUT2D eigenvalue weighted by molar-refractivity contribution is 5.73. The standard InChI is InChI=1S/C19H26N6O/c26-18(22-10-8-19-5-1-15(2-6-19)3-7-19)23-12-16-4-9-21-17(11-16)25-14-20-13-24-25/h4,9,11,13-15H,1-3,5-8,10,12H2,(H2,22,23,26). The van der Waals surface area contributed by atoms with Crippen molar-refractivity contribution >= 4 is 6.03 Å². The molecule has 0 radical (unpaired) electrons. The SMILES string of the molecule is O=C(NCCC12CCC(CC1)CC2)NCc1ccnc(-n2cncn2)c1. The van der Waals surface area contributed by atoms with E-state index in [2.05, 4.69) is 25.7 Å². The van der Waals surface area contributed by atoms with Gasteiger partial charge in [0.1, 0.15) is 12.7 Å². The predicted molar refractivity (Wildman–Crippen MR) is 97.6 cm³/mol. The van der Waals surface area contributed by atoms with Crippen LogP contribution < -0.4 is 10.6 Å². The minimum Gasteiger partial charge on any atom is -0.338 e. The Kier molecular flexibility index (Phi) is 4.86. The molecule has 0 atom stereocenters. The van der Waals surface area contributed by atoms with E-state index in [-0.39, 0.29) is 6.03 Å². The maximum absolute atomic E-state index is 12.1. The Morgan fingerprint density at radius 2 is 2.04 bits per heavy atom. The van der Waals surface area contributed by atoms with E-state index >= 15 is 0 Å². The normalized spacial score (nSPS) is 24.4. The molecule has 2 N–H and O–H groups in total. The molecule has 7 heteroatoms. The van der Waals surface area contributed by atoms with Crippen molar-refractivity contribution in [2.75, 3.05) is 6.54 Å². The molecule has 5 rings (SSSR count). The molecule has 3 saturated carbocycles. The van der Waals surface area contributed by atoms with Crippen LogP contribution in [0.4, 0.5) is 4.79 Å². The van der Waals surface area contributed by atoms with E-state index in [1.54, 1.807) is 17.2 Å². The molecule has 138 valence electrons. The molecule has 3 fully saturated rings. The molecule has 2 bridgehead atoms. The van der Waals surface area contributed by atoms with Crippen molar-refractivity contribution in [2.45, 2.75) is 51.5 Å². The van der Waals surface area contributed by atoms with E-state index in [1.165, 1.54) is 44.9 Å². The second kappa shape index (κ2) is 7.43. The summed E-state index contributed by atoms with van der Waals surface area (Å²) in [6, 6.07) is 3.68. The van der Waals surface area contributed by atoms with Crippen molar-refractivity contribution in [3.05, 3.63) is 36.5 Å². The molecular weight excluding hydrogens is 328 g/mol. The summed E-state index contributed by atoms with van der Waals surface area (Å²) in [7, 11) is 0. The zero-order valence-electron chi connectivity index (χ0n) is 15.0. The molecule has 7 nitrogen and oxygen atoms in total. The molecule has 2 aromatic heterocycles. The number of pyridine rings is 1. The Morgan fingerprint density at radius 3 is 2.77 bits per heavy atom. The Hall–Kier alpha value is -2.44. The van der Waals surface area contributed by atoms with Gasteiger partial charge in [0.2, 0.25) is 0 Å². The van der Waals surface area contributed by atoms with Crippen LogP contribution in [0.5, 0.6) is 0 Å². The third-order valence-electron chi connectivity index (χ3n) is 6.11. The highest BCUT2D eigenvalue weighted by Gasteiger charge is 2.39. The van der Waals surface area contributed by atoms with Crippen LogP contribution >= 0.6 is 0 Å². The molecule has 26 heavy (non-hydrogen) atoms. The van der Waals surface area contributed by atoms with E-state index in [0.29, 0.717) is 17.8 Å². The van der Waals surface area contributed by atoms with Crippen LogP contribution in [0.15, 0.2) is 31.0 Å². The summed E-state index contributed by atoms with van der Waals surface area (Å²) in [5, 5.41) is 10.0. The number of carbonyl (C=O) groups is 1. The number of carbonyl (C=O) groups excluding carboxylic acids is 1. The van der Waals surface area contributed by atoms with E-state index in [1.807, 2.05) is 12.1 Å². The van der Waals surface area contributed by atoms with Gasteiger partial charge in [-0.05, 0) is 74.0 Å². The lowest BCUT2D eigenvalue weighted by atomic mass is 9.59. The quantitative estimate of drug-likeness (QED) is 0.835. The second-order valence-electron chi connectivity index (χ2n) is 7.70. The van der Waals surface area contributed by atoms with Gasteiger partial charge in [-0.3, -0.25) is 0 Å². The van der Waals surface area contributed by atoms with E-state index < -0.39 is 0 Å². The van der Waals surface area contributed by atoms with E-state index in [4.69, 9.17) is 0 Å². The molecule has 0 aliphatic heterocycles. The van der Waals surface area contributed by atoms with Crippen LogP contribution in [0.3, 0.4) is 0 Å². The predicted octanol–water partition coefficient (Wildman–Crippen LogP) is 2.82. The number of hydrogen-bond acceptors (Lipinski definition) is 4. The number of amides is 2. The lowest BCUT2D eigenvalue weighted by Crippen LogP contribution is -2.40. The third-order valence-corrected chi connectivity index (χ3v) is 6.11. The van der Waals surface area contributed by atoms with Crippen LogP contribution in [0.2, 0.25) is 0 Å². The Morgan fingerprint density at radius 1 is 1.23 bits per heavy atom. The highest BCUT2D eigenvalue weighted by atomic mass is 16.2. The molecule has 0 spiro atoms. The van der Waals surface area contributed by atoms with E-state index in [0.717, 1.165) is 24.4 Å². The summed E-state index contributed by atoms with van der Waals surface area (Å²) in [6.07, 6.45) is 14.1. The van der Waals surface area contributed by atoms with Crippen LogP contribution in [-0.2, 0) is 6.54 Å². The van der Waals surface area contributed by atoms with Gasteiger partial charge >= 0.3 is 6.03 Å². The van der Waals surface area contributed by atoms with Crippen molar-refractivity contribution in [2.24, 2.45) is 11.3 Å². The molecule has 0 saturated heterocycles. The summed E-state index contributed by atoms with van der Waals surface area (Å²) in [5.74, 6) is 1.67. The molecule has 0 unspecified atom stereocenters. The topological polar surface area (TPSA) is 84.7 Å². The summed E-state index contributed by atoms with van der Waals surface area (Å²) in [4.78, 5) is 20.3. The monoisotopic (exact) mass is 354 g/mol. The van der Waals surface area contributed by atoms with Crippen molar-refractivity contribution in [1.82, 2.24) is 30.4 Å². The van der Waals surface area contributed by atoms with Crippen LogP contribution in [-0.4, -0.2) is 32.3 Å². The van der Waals surface area contributed by atoms with Gasteiger partial charge in [0.25, 0.3) is 0 Å². The van der Waals surface area contributed by atoms with Gasteiger partial charge in [-0.15, -0.1) is 0 Å². The van der Waals surface area contributed by atoms with Crippen molar-refractivity contribution in [1.29, 1.82) is 0 Å². The number of hydrogen-bond donors (Lipinski definition) is 2. The second-order valence-corrected chi connectivity index (χ2v) is 7.70. The zero-order chi connectivity index (χ0) is 17.8. The Balaban J connectivity index is 1.22. The summed E-state index contributed by atoms with van der Waals surface area (Å²) < 4.78 is 1.60. The molecule has 0 aromatic carbocycles. The molecule has 2 heterocycles. The van der Waals surface area contributed by atoms with E-state index in [9.17, 15) is 4.79 Å². The first-order chi connectivity index (χ1) is 12.7. The highest BCUT2D eigenvalue weighted by Crippen LogP contribution is 2.51. The van der Waals surface area contributed by atoms with Crippen LogP contribution in [0.1, 0.15) is 50.5 Å². The van der Waals surface area contributed by atoms with Gasteiger partial charge in [-0.1, -0.05) is 0 Å². The number of nitrogens with one attached hydrogen (secondary N) is 2. The van der Waals surface area contributed by atoms with Gasteiger partial charge in [-0.25, -0.2) is 19.4 Å². The minimum atomic E-state index is -0.106. The molecule has 2 amide bonds. The van der Waals surface area contributed by atoms with Crippen LogP contribution in [0.25, 0.3) is 5.82 Å². The number of fused-ring (bicyclic) bond motifs is 3. The van der Waals surface area contributed by atoms with Gasteiger partial charge in [0.15, 0.2) is 5.82 Å². The lowest BCUT2D eigenvalue weighted by molar-refractivity contribution is 0.0574. The largest absolute Gasteiger partial charge is 0.338 e. The van der Waals surface area contributed by atoms with Gasteiger partial charge in [0.05, 0.1) is 0 Å². The fourth-order valence-corrected chi connectivity index (χ4v) is 4.42. The molecule has 3 aliphatic rings. The minimum absolute atomic E-state index is 0.106. The van der Waals surface area contributed by atoms with Gasteiger partial charge in [0, 0.05) is 19.3 Å². The average molecular weight is 354 g/mol. The summed E-state index contributed by atoms with van der Waals surface area (Å²) >= 11 is 0. The maximum atomic E-state index is 12.1. The van der Waals surface area contributed by atoms with Gasteiger partial charge < -0.3 is 10.6 Å². The molecule has 2 aromatic rings. The van der Waals surface area contributed by atoms with Crippen molar-refractivity contribution in [3.8, 4) is 5.82 Å². The Labute approximate surface area is 153 Å². The Bertz CT molecular complexity index is 722. The summed E-state index contributed by atoms with van der Waals surface area (Å²) in [6.45, 7) is 1.22. The molecular formula is C19H26N6O. The fraction of sp³-hybridized carbons (Fsp3) is 0.579. The number of nitrogens with zero attached hydrogens (tertiary/aromatic N) is 4. The number of rotatable bonds is 6. The first-order valence-corrected chi connectivity index (χ1v) is 9.54. The first kappa shape index (κ1) is 17.0.